The summed E-state index contributed by atoms with van der Waals surface area (Å²) in [4.78, 5) is 11.2. The lowest BCUT2D eigenvalue weighted by Gasteiger charge is -2.23. The van der Waals surface area contributed by atoms with Gasteiger partial charge in [0.25, 0.3) is 0 Å². The van der Waals surface area contributed by atoms with Gasteiger partial charge in [-0.05, 0) is 40.8 Å². The molecule has 0 saturated heterocycles. The number of esters is 1. The molecule has 2 aromatic carbocycles. The van der Waals surface area contributed by atoms with E-state index in [1.807, 2.05) is 48.5 Å². The predicted octanol–water partition coefficient (Wildman–Crippen LogP) is 3.38. The first-order valence-electron chi connectivity index (χ1n) is 6.85. The number of ether oxygens (including phenoxy) is 2. The van der Waals surface area contributed by atoms with E-state index in [0.717, 1.165) is 28.9 Å². The second kappa shape index (κ2) is 5.83. The summed E-state index contributed by atoms with van der Waals surface area (Å²) in [6, 6.07) is 16.0. The van der Waals surface area contributed by atoms with Crippen molar-refractivity contribution in [3.05, 3.63) is 71.3 Å². The van der Waals surface area contributed by atoms with E-state index in [-0.39, 0.29) is 5.97 Å². The SMILES string of the molecule is COC(=O)C=C1Cc2cc(OCc3ccccc3)ccc21. The molecule has 0 spiro atoms. The van der Waals surface area contributed by atoms with Crippen LogP contribution in [0.25, 0.3) is 5.57 Å². The number of fused-ring (bicyclic) bond motifs is 1. The van der Waals surface area contributed by atoms with Crippen LogP contribution in [0.4, 0.5) is 0 Å². The van der Waals surface area contributed by atoms with Crippen molar-refractivity contribution in [1.82, 2.24) is 0 Å². The fourth-order valence-corrected chi connectivity index (χ4v) is 2.38. The minimum absolute atomic E-state index is 0.306. The van der Waals surface area contributed by atoms with Gasteiger partial charge in [-0.25, -0.2) is 4.79 Å². The summed E-state index contributed by atoms with van der Waals surface area (Å²) in [5.74, 6) is 0.551. The number of methoxy groups -OCH3 is 1. The monoisotopic (exact) mass is 280 g/mol. The third kappa shape index (κ3) is 2.97. The van der Waals surface area contributed by atoms with E-state index < -0.39 is 0 Å². The Bertz CT molecular complexity index is 687. The third-order valence-electron chi connectivity index (χ3n) is 3.55. The molecule has 0 saturated carbocycles. The number of carbonyl (C=O) groups excluding carboxylic acids is 1. The molecule has 0 aromatic heterocycles. The van der Waals surface area contributed by atoms with Crippen LogP contribution in [0, 0.1) is 0 Å². The van der Waals surface area contributed by atoms with Crippen LogP contribution < -0.4 is 4.74 Å². The van der Waals surface area contributed by atoms with Crippen LogP contribution >= 0.6 is 0 Å². The molecule has 1 aliphatic rings. The lowest BCUT2D eigenvalue weighted by atomic mass is 9.82. The molecule has 0 unspecified atom stereocenters. The van der Waals surface area contributed by atoms with Crippen LogP contribution in [0.15, 0.2) is 54.6 Å². The van der Waals surface area contributed by atoms with Crippen molar-refractivity contribution in [3.63, 3.8) is 0 Å². The van der Waals surface area contributed by atoms with Crippen LogP contribution in [0.1, 0.15) is 16.7 Å². The van der Waals surface area contributed by atoms with Crippen LogP contribution in [-0.4, -0.2) is 13.1 Å². The zero-order valence-corrected chi connectivity index (χ0v) is 11.8. The van der Waals surface area contributed by atoms with Crippen molar-refractivity contribution in [2.24, 2.45) is 0 Å². The molecule has 0 amide bonds. The Morgan fingerprint density at radius 1 is 1.19 bits per heavy atom. The highest BCUT2D eigenvalue weighted by atomic mass is 16.5. The molecule has 0 fully saturated rings. The van der Waals surface area contributed by atoms with Gasteiger partial charge in [0.05, 0.1) is 7.11 Å². The average molecular weight is 280 g/mol. The molecule has 0 N–H and O–H groups in total. The Morgan fingerprint density at radius 3 is 2.71 bits per heavy atom. The minimum atomic E-state index is -0.306. The highest BCUT2D eigenvalue weighted by Crippen LogP contribution is 2.36. The maximum Gasteiger partial charge on any atom is 0.330 e. The van der Waals surface area contributed by atoms with E-state index in [4.69, 9.17) is 4.74 Å². The average Bonchev–Trinajstić information content (AvgIpc) is 2.51. The molecule has 106 valence electrons. The van der Waals surface area contributed by atoms with Crippen molar-refractivity contribution in [2.75, 3.05) is 7.11 Å². The Labute approximate surface area is 123 Å². The molecule has 0 radical (unpaired) electrons. The summed E-state index contributed by atoms with van der Waals surface area (Å²) in [6.07, 6.45) is 2.33. The summed E-state index contributed by atoms with van der Waals surface area (Å²) in [7, 11) is 1.39. The second-order valence-electron chi connectivity index (χ2n) is 4.96. The van der Waals surface area contributed by atoms with Gasteiger partial charge in [0.2, 0.25) is 0 Å². The highest BCUT2D eigenvalue weighted by Gasteiger charge is 2.21. The largest absolute Gasteiger partial charge is 0.489 e. The molecule has 0 bridgehead atoms. The first-order valence-corrected chi connectivity index (χ1v) is 6.85. The van der Waals surface area contributed by atoms with E-state index in [0.29, 0.717) is 6.61 Å². The molecule has 0 aliphatic heterocycles. The minimum Gasteiger partial charge on any atom is -0.489 e. The molecule has 1 aliphatic carbocycles. The molecule has 3 nitrogen and oxygen atoms in total. The topological polar surface area (TPSA) is 35.5 Å². The van der Waals surface area contributed by atoms with Gasteiger partial charge in [0, 0.05) is 6.08 Å². The summed E-state index contributed by atoms with van der Waals surface area (Å²) < 4.78 is 10.4. The zero-order chi connectivity index (χ0) is 14.7. The third-order valence-corrected chi connectivity index (χ3v) is 3.55. The number of rotatable bonds is 4. The fourth-order valence-electron chi connectivity index (χ4n) is 2.38. The number of hydrogen-bond acceptors (Lipinski definition) is 3. The first-order chi connectivity index (χ1) is 10.3. The van der Waals surface area contributed by atoms with Crippen molar-refractivity contribution >= 4 is 11.5 Å². The molecule has 0 heterocycles. The molecule has 0 atom stereocenters. The lowest BCUT2D eigenvalue weighted by Crippen LogP contribution is -2.10. The van der Waals surface area contributed by atoms with Crippen molar-refractivity contribution in [1.29, 1.82) is 0 Å². The summed E-state index contributed by atoms with van der Waals surface area (Å²) >= 11 is 0. The maximum absolute atomic E-state index is 11.2. The Hall–Kier alpha value is -2.55. The fraction of sp³-hybridized carbons (Fsp3) is 0.167. The summed E-state index contributed by atoms with van der Waals surface area (Å²) in [5.41, 5.74) is 4.47. The Morgan fingerprint density at radius 2 is 2.00 bits per heavy atom. The molecule has 21 heavy (non-hydrogen) atoms. The van der Waals surface area contributed by atoms with Crippen molar-refractivity contribution in [2.45, 2.75) is 13.0 Å². The van der Waals surface area contributed by atoms with Gasteiger partial charge in [-0.2, -0.15) is 0 Å². The van der Waals surface area contributed by atoms with Gasteiger partial charge < -0.3 is 9.47 Å². The maximum atomic E-state index is 11.2. The molecule has 3 heteroatoms. The van der Waals surface area contributed by atoms with Gasteiger partial charge in [-0.3, -0.25) is 0 Å². The van der Waals surface area contributed by atoms with Crippen LogP contribution in [0.5, 0.6) is 5.75 Å². The zero-order valence-electron chi connectivity index (χ0n) is 11.8. The van der Waals surface area contributed by atoms with Crippen molar-refractivity contribution < 1.29 is 14.3 Å². The first kappa shape index (κ1) is 13.4. The van der Waals surface area contributed by atoms with E-state index in [1.54, 1.807) is 6.08 Å². The van der Waals surface area contributed by atoms with Crippen LogP contribution in [0.2, 0.25) is 0 Å². The van der Waals surface area contributed by atoms with Crippen LogP contribution in [-0.2, 0) is 22.6 Å². The van der Waals surface area contributed by atoms with Gasteiger partial charge in [-0.1, -0.05) is 36.4 Å². The number of benzene rings is 2. The Kier molecular flexibility index (Phi) is 3.73. The molecule has 3 rings (SSSR count). The van der Waals surface area contributed by atoms with Crippen molar-refractivity contribution in [3.8, 4) is 5.75 Å². The van der Waals surface area contributed by atoms with Gasteiger partial charge >= 0.3 is 5.97 Å². The normalized spacial score (nSPS) is 14.2. The number of allylic oxidation sites excluding steroid dienone is 1. The second-order valence-corrected chi connectivity index (χ2v) is 4.96. The molecular weight excluding hydrogens is 264 g/mol. The quantitative estimate of drug-likeness (QED) is 0.636. The Balaban J connectivity index is 1.67. The highest BCUT2D eigenvalue weighted by molar-refractivity contribution is 5.95. The van der Waals surface area contributed by atoms with Gasteiger partial charge in [0.15, 0.2) is 0 Å². The van der Waals surface area contributed by atoms with E-state index in [2.05, 4.69) is 4.74 Å². The molecule has 2 aromatic rings. The number of hydrogen-bond donors (Lipinski definition) is 0. The smallest absolute Gasteiger partial charge is 0.330 e. The van der Waals surface area contributed by atoms with Crippen LogP contribution in [0.3, 0.4) is 0 Å². The lowest BCUT2D eigenvalue weighted by molar-refractivity contribution is -0.134. The summed E-state index contributed by atoms with van der Waals surface area (Å²) in [6.45, 7) is 0.560. The molecular formula is C18H16O3. The van der Waals surface area contributed by atoms with Gasteiger partial charge in [0.1, 0.15) is 12.4 Å². The summed E-state index contributed by atoms with van der Waals surface area (Å²) in [5, 5.41) is 0. The van der Waals surface area contributed by atoms with E-state index in [1.165, 1.54) is 12.7 Å². The van der Waals surface area contributed by atoms with E-state index in [9.17, 15) is 4.79 Å². The van der Waals surface area contributed by atoms with Gasteiger partial charge in [-0.15, -0.1) is 0 Å². The van der Waals surface area contributed by atoms with E-state index >= 15 is 0 Å². The number of carbonyl (C=O) groups is 1. The predicted molar refractivity (Wildman–Crippen MR) is 80.9 cm³/mol. The standard InChI is InChI=1S/C18H16O3/c1-20-18(19)11-15-9-14-10-16(7-8-17(14)15)21-12-13-5-3-2-4-6-13/h2-8,10-11H,9,12H2,1H3.